The molecule has 0 aromatic rings. The summed E-state index contributed by atoms with van der Waals surface area (Å²) < 4.78 is 6.04. The van der Waals surface area contributed by atoms with Gasteiger partial charge in [-0.2, -0.15) is 0 Å². The Hall–Kier alpha value is -0.0800. The van der Waals surface area contributed by atoms with Crippen LogP contribution < -0.4 is 5.32 Å². The Labute approximate surface area is 107 Å². The van der Waals surface area contributed by atoms with Gasteiger partial charge in [-0.05, 0) is 50.9 Å². The van der Waals surface area contributed by atoms with Gasteiger partial charge in [0.15, 0.2) is 0 Å². The molecule has 1 aliphatic heterocycles. The Morgan fingerprint density at radius 3 is 2.47 bits per heavy atom. The summed E-state index contributed by atoms with van der Waals surface area (Å²) in [5.41, 5.74) is 0.736. The van der Waals surface area contributed by atoms with E-state index < -0.39 is 0 Å². The van der Waals surface area contributed by atoms with Gasteiger partial charge in [-0.15, -0.1) is 0 Å². The summed E-state index contributed by atoms with van der Waals surface area (Å²) >= 11 is 0. The van der Waals surface area contributed by atoms with Crippen LogP contribution in [0, 0.1) is 5.41 Å². The predicted octanol–water partition coefficient (Wildman–Crippen LogP) is 3.50. The van der Waals surface area contributed by atoms with Crippen molar-refractivity contribution in [3.05, 3.63) is 0 Å². The lowest BCUT2D eigenvalue weighted by molar-refractivity contribution is -0.0946. The highest BCUT2D eigenvalue weighted by Crippen LogP contribution is 2.48. The number of nitrogens with one attached hydrogen (secondary N) is 1. The van der Waals surface area contributed by atoms with Gasteiger partial charge in [-0.25, -0.2) is 0 Å². The fraction of sp³-hybridized carbons (Fsp3) is 1.00. The highest BCUT2D eigenvalue weighted by molar-refractivity contribution is 4.99. The largest absolute Gasteiger partial charge is 0.375 e. The van der Waals surface area contributed by atoms with Crippen LogP contribution in [0.4, 0.5) is 0 Å². The van der Waals surface area contributed by atoms with Gasteiger partial charge in [0.05, 0.1) is 5.60 Å². The minimum Gasteiger partial charge on any atom is -0.375 e. The van der Waals surface area contributed by atoms with Crippen LogP contribution in [0.15, 0.2) is 0 Å². The van der Waals surface area contributed by atoms with Crippen LogP contribution in [0.1, 0.15) is 66.2 Å². The predicted molar refractivity (Wildman–Crippen MR) is 72.2 cm³/mol. The molecule has 100 valence electrons. The van der Waals surface area contributed by atoms with Gasteiger partial charge in [0.2, 0.25) is 0 Å². The Balaban J connectivity index is 1.89. The molecule has 0 spiro atoms. The SMILES string of the molecule is CCC1(CC)CC(NC(C)C2(C)CC2)CCO1. The van der Waals surface area contributed by atoms with Gasteiger partial charge in [0.1, 0.15) is 0 Å². The molecule has 2 heteroatoms. The van der Waals surface area contributed by atoms with Gasteiger partial charge in [-0.3, -0.25) is 0 Å². The number of hydrogen-bond acceptors (Lipinski definition) is 2. The first kappa shape index (κ1) is 13.4. The fourth-order valence-electron chi connectivity index (χ4n) is 3.10. The first-order chi connectivity index (χ1) is 8.03. The van der Waals surface area contributed by atoms with Gasteiger partial charge in [-0.1, -0.05) is 20.8 Å². The van der Waals surface area contributed by atoms with Crippen molar-refractivity contribution in [2.24, 2.45) is 5.41 Å². The summed E-state index contributed by atoms with van der Waals surface area (Å²) in [6.45, 7) is 10.2. The van der Waals surface area contributed by atoms with Crippen molar-refractivity contribution in [1.29, 1.82) is 0 Å². The number of ether oxygens (including phenoxy) is 1. The summed E-state index contributed by atoms with van der Waals surface area (Å²) in [6, 6.07) is 1.33. The molecule has 1 saturated heterocycles. The second kappa shape index (κ2) is 4.89. The van der Waals surface area contributed by atoms with Crippen molar-refractivity contribution < 1.29 is 4.74 Å². The third-order valence-electron chi connectivity index (χ3n) is 5.35. The Bertz CT molecular complexity index is 256. The van der Waals surface area contributed by atoms with Crippen LogP contribution in [0.5, 0.6) is 0 Å². The second-order valence-corrected chi connectivity index (χ2v) is 6.47. The van der Waals surface area contributed by atoms with E-state index in [0.29, 0.717) is 17.5 Å². The smallest absolute Gasteiger partial charge is 0.0692 e. The standard InChI is InChI=1S/C15H29NO/c1-5-15(6-2)11-13(7-10-17-15)16-12(3)14(4)8-9-14/h12-13,16H,5-11H2,1-4H3. The van der Waals surface area contributed by atoms with E-state index >= 15 is 0 Å². The molecule has 0 bridgehead atoms. The second-order valence-electron chi connectivity index (χ2n) is 6.47. The first-order valence-electron chi connectivity index (χ1n) is 7.43. The minimum atomic E-state index is 0.153. The van der Waals surface area contributed by atoms with Gasteiger partial charge in [0, 0.05) is 18.7 Å². The molecule has 0 aromatic carbocycles. The van der Waals surface area contributed by atoms with Crippen LogP contribution in [0.2, 0.25) is 0 Å². The molecule has 0 amide bonds. The van der Waals surface area contributed by atoms with E-state index in [0.717, 1.165) is 19.4 Å². The summed E-state index contributed by atoms with van der Waals surface area (Å²) in [7, 11) is 0. The zero-order valence-electron chi connectivity index (χ0n) is 12.0. The van der Waals surface area contributed by atoms with Gasteiger partial charge < -0.3 is 10.1 Å². The molecule has 1 saturated carbocycles. The maximum Gasteiger partial charge on any atom is 0.0692 e. The van der Waals surface area contributed by atoms with Crippen LogP contribution in [0.3, 0.4) is 0 Å². The fourth-order valence-corrected chi connectivity index (χ4v) is 3.10. The monoisotopic (exact) mass is 239 g/mol. The molecule has 1 heterocycles. The van der Waals surface area contributed by atoms with Crippen LogP contribution in [-0.2, 0) is 4.74 Å². The van der Waals surface area contributed by atoms with Crippen molar-refractivity contribution in [3.8, 4) is 0 Å². The van der Waals surface area contributed by atoms with Crippen LogP contribution in [0.25, 0.3) is 0 Å². The molecule has 2 unspecified atom stereocenters. The van der Waals surface area contributed by atoms with E-state index in [1.54, 1.807) is 0 Å². The maximum atomic E-state index is 6.04. The Kier molecular flexibility index (Phi) is 3.84. The zero-order valence-corrected chi connectivity index (χ0v) is 12.0. The minimum absolute atomic E-state index is 0.153. The van der Waals surface area contributed by atoms with E-state index in [1.165, 1.54) is 25.7 Å². The lowest BCUT2D eigenvalue weighted by Gasteiger charge is -2.41. The average Bonchev–Trinajstić information content (AvgIpc) is 3.09. The quantitative estimate of drug-likeness (QED) is 0.793. The lowest BCUT2D eigenvalue weighted by Crippen LogP contribution is -2.50. The zero-order chi connectivity index (χ0) is 12.5. The molecule has 1 N–H and O–H groups in total. The van der Waals surface area contributed by atoms with Crippen molar-refractivity contribution in [3.63, 3.8) is 0 Å². The molecule has 2 rings (SSSR count). The summed E-state index contributed by atoms with van der Waals surface area (Å²) in [5, 5.41) is 3.86. The molecule has 2 aliphatic rings. The first-order valence-corrected chi connectivity index (χ1v) is 7.43. The average molecular weight is 239 g/mol. The van der Waals surface area contributed by atoms with Crippen molar-refractivity contribution in [2.75, 3.05) is 6.61 Å². The van der Waals surface area contributed by atoms with Crippen LogP contribution >= 0.6 is 0 Å². The Morgan fingerprint density at radius 1 is 1.29 bits per heavy atom. The van der Waals surface area contributed by atoms with Crippen molar-refractivity contribution in [1.82, 2.24) is 5.32 Å². The molecule has 1 aliphatic carbocycles. The molecule has 2 fully saturated rings. The summed E-state index contributed by atoms with van der Waals surface area (Å²) in [6.07, 6.45) is 7.47. The summed E-state index contributed by atoms with van der Waals surface area (Å²) in [5.74, 6) is 0. The van der Waals surface area contributed by atoms with Crippen molar-refractivity contribution >= 4 is 0 Å². The van der Waals surface area contributed by atoms with E-state index in [4.69, 9.17) is 4.74 Å². The van der Waals surface area contributed by atoms with E-state index in [9.17, 15) is 0 Å². The van der Waals surface area contributed by atoms with E-state index in [2.05, 4.69) is 33.0 Å². The van der Waals surface area contributed by atoms with Gasteiger partial charge >= 0.3 is 0 Å². The highest BCUT2D eigenvalue weighted by Gasteiger charge is 2.44. The number of hydrogen-bond donors (Lipinski definition) is 1. The van der Waals surface area contributed by atoms with Gasteiger partial charge in [0.25, 0.3) is 0 Å². The third kappa shape index (κ3) is 2.85. The topological polar surface area (TPSA) is 21.3 Å². The molecular weight excluding hydrogens is 210 g/mol. The third-order valence-corrected chi connectivity index (χ3v) is 5.35. The summed E-state index contributed by atoms with van der Waals surface area (Å²) in [4.78, 5) is 0. The molecule has 2 nitrogen and oxygen atoms in total. The highest BCUT2D eigenvalue weighted by atomic mass is 16.5. The number of rotatable bonds is 5. The van der Waals surface area contributed by atoms with Crippen LogP contribution in [-0.4, -0.2) is 24.3 Å². The molecular formula is C15H29NO. The maximum absolute atomic E-state index is 6.04. The molecule has 0 radical (unpaired) electrons. The normalized spacial score (nSPS) is 32.1. The molecule has 0 aromatic heterocycles. The van der Waals surface area contributed by atoms with Crippen molar-refractivity contribution in [2.45, 2.75) is 83.9 Å². The Morgan fingerprint density at radius 2 is 1.94 bits per heavy atom. The molecule has 17 heavy (non-hydrogen) atoms. The lowest BCUT2D eigenvalue weighted by atomic mass is 9.85. The van der Waals surface area contributed by atoms with E-state index in [1.807, 2.05) is 0 Å². The molecule has 2 atom stereocenters. The van der Waals surface area contributed by atoms with E-state index in [-0.39, 0.29) is 5.60 Å².